The lowest BCUT2D eigenvalue weighted by molar-refractivity contribution is 0.100. The van der Waals surface area contributed by atoms with Crippen molar-refractivity contribution in [3.63, 3.8) is 0 Å². The molecule has 1 aromatic rings. The Hall–Kier alpha value is -1.74. The molecule has 1 aliphatic rings. The minimum Gasteiger partial charge on any atom is -0.396 e. The summed E-state index contributed by atoms with van der Waals surface area (Å²) in [6.45, 7) is 2.11. The van der Waals surface area contributed by atoms with Crippen LogP contribution < -0.4 is 16.8 Å². The van der Waals surface area contributed by atoms with E-state index in [0.29, 0.717) is 21.8 Å². The summed E-state index contributed by atoms with van der Waals surface area (Å²) in [5, 5.41) is 12.7. The number of rotatable bonds is 3. The molecule has 0 spiro atoms. The van der Waals surface area contributed by atoms with Gasteiger partial charge in [0.1, 0.15) is 15.9 Å². The number of primary amides is 1. The van der Waals surface area contributed by atoms with E-state index in [-0.39, 0.29) is 11.3 Å². The Bertz CT molecular complexity index is 488. The van der Waals surface area contributed by atoms with Crippen LogP contribution in [0.5, 0.6) is 0 Å². The summed E-state index contributed by atoms with van der Waals surface area (Å²) in [4.78, 5) is 11.6. The third-order valence-electron chi connectivity index (χ3n) is 2.72. The number of carbonyl (C=O) groups is 1. The minimum absolute atomic E-state index is 0.191. The maximum atomic E-state index is 11.3. The number of amides is 1. The van der Waals surface area contributed by atoms with Gasteiger partial charge in [0.2, 0.25) is 0 Å². The lowest BCUT2D eigenvalue weighted by Gasteiger charge is -2.03. The Labute approximate surface area is 97.0 Å². The molecule has 1 heterocycles. The number of hydrogen-bond donors (Lipinski definition) is 3. The van der Waals surface area contributed by atoms with Gasteiger partial charge in [0.25, 0.3) is 5.91 Å². The molecule has 6 heteroatoms. The standard InChI is InChI=1S/C10H12N4OS/c1-4-2-5(4)14-10-7(9(13)15)8(12)6(3-11)16-10/h4-5,14H,2,12H2,1H3,(H2,13,15). The van der Waals surface area contributed by atoms with Crippen LogP contribution in [0.3, 0.4) is 0 Å². The van der Waals surface area contributed by atoms with Crippen molar-refractivity contribution in [1.29, 1.82) is 5.26 Å². The topological polar surface area (TPSA) is 105 Å². The number of carbonyl (C=O) groups excluding carboxylic acids is 1. The summed E-state index contributed by atoms with van der Waals surface area (Å²) < 4.78 is 0. The molecule has 84 valence electrons. The molecule has 1 aliphatic carbocycles. The first-order valence-corrected chi connectivity index (χ1v) is 5.75. The maximum absolute atomic E-state index is 11.3. The second-order valence-electron chi connectivity index (χ2n) is 3.99. The summed E-state index contributed by atoms with van der Waals surface area (Å²) in [6.07, 6.45) is 1.07. The Kier molecular flexibility index (Phi) is 2.48. The second kappa shape index (κ2) is 3.68. The third kappa shape index (κ3) is 1.70. The van der Waals surface area contributed by atoms with Crippen LogP contribution in [0.4, 0.5) is 10.7 Å². The summed E-state index contributed by atoms with van der Waals surface area (Å²) in [6, 6.07) is 2.33. The van der Waals surface area contributed by atoms with Gasteiger partial charge in [0.05, 0.1) is 11.3 Å². The van der Waals surface area contributed by atoms with Crippen LogP contribution in [0.1, 0.15) is 28.6 Å². The Morgan fingerprint density at radius 1 is 1.69 bits per heavy atom. The van der Waals surface area contributed by atoms with Crippen molar-refractivity contribution >= 4 is 27.9 Å². The van der Waals surface area contributed by atoms with Crippen LogP contribution in [0.25, 0.3) is 0 Å². The van der Waals surface area contributed by atoms with Crippen LogP contribution >= 0.6 is 11.3 Å². The van der Waals surface area contributed by atoms with E-state index in [1.54, 1.807) is 0 Å². The van der Waals surface area contributed by atoms with Gasteiger partial charge in [-0.2, -0.15) is 5.26 Å². The highest BCUT2D eigenvalue weighted by molar-refractivity contribution is 7.17. The van der Waals surface area contributed by atoms with Gasteiger partial charge in [-0.3, -0.25) is 4.79 Å². The number of nitrogens with two attached hydrogens (primary N) is 2. The zero-order valence-corrected chi connectivity index (χ0v) is 9.60. The molecule has 0 aliphatic heterocycles. The highest BCUT2D eigenvalue weighted by Gasteiger charge is 2.34. The smallest absolute Gasteiger partial charge is 0.253 e. The van der Waals surface area contributed by atoms with Crippen molar-refractivity contribution in [2.75, 3.05) is 11.1 Å². The summed E-state index contributed by atoms with van der Waals surface area (Å²) >= 11 is 1.19. The predicted octanol–water partition coefficient (Wildman–Crippen LogP) is 1.12. The predicted molar refractivity (Wildman–Crippen MR) is 63.2 cm³/mol. The van der Waals surface area contributed by atoms with Crippen LogP contribution in [0.15, 0.2) is 0 Å². The quantitative estimate of drug-likeness (QED) is 0.731. The van der Waals surface area contributed by atoms with Gasteiger partial charge in [-0.25, -0.2) is 0 Å². The molecule has 1 fully saturated rings. The Morgan fingerprint density at radius 2 is 2.31 bits per heavy atom. The highest BCUT2D eigenvalue weighted by Crippen LogP contribution is 2.40. The fourth-order valence-electron chi connectivity index (χ4n) is 1.56. The molecule has 5 N–H and O–H groups in total. The summed E-state index contributed by atoms with van der Waals surface area (Å²) in [5.74, 6) is 0.000592. The maximum Gasteiger partial charge on any atom is 0.253 e. The van der Waals surface area contributed by atoms with Crippen LogP contribution in [-0.4, -0.2) is 11.9 Å². The molecule has 0 bridgehead atoms. The molecule has 0 saturated heterocycles. The lowest BCUT2D eigenvalue weighted by atomic mass is 10.2. The van der Waals surface area contributed by atoms with Crippen molar-refractivity contribution in [2.24, 2.45) is 11.7 Å². The minimum atomic E-state index is -0.592. The van der Waals surface area contributed by atoms with E-state index in [0.717, 1.165) is 6.42 Å². The van der Waals surface area contributed by atoms with Crippen molar-refractivity contribution in [1.82, 2.24) is 0 Å². The SMILES string of the molecule is CC1CC1Nc1sc(C#N)c(N)c1C(N)=O. The Balaban J connectivity index is 2.36. The van der Waals surface area contributed by atoms with Gasteiger partial charge in [-0.1, -0.05) is 6.92 Å². The molecule has 1 saturated carbocycles. The van der Waals surface area contributed by atoms with Crippen LogP contribution in [0, 0.1) is 17.2 Å². The number of nitriles is 1. The second-order valence-corrected chi connectivity index (χ2v) is 5.01. The number of nitrogens with one attached hydrogen (secondary N) is 1. The molecule has 5 nitrogen and oxygen atoms in total. The van der Waals surface area contributed by atoms with Gasteiger partial charge in [-0.15, -0.1) is 11.3 Å². The van der Waals surface area contributed by atoms with Gasteiger partial charge in [0, 0.05) is 6.04 Å². The first kappa shape index (κ1) is 10.8. The number of anilines is 2. The van der Waals surface area contributed by atoms with Gasteiger partial charge >= 0.3 is 0 Å². The fraction of sp³-hybridized carbons (Fsp3) is 0.400. The van der Waals surface area contributed by atoms with E-state index in [9.17, 15) is 4.79 Å². The summed E-state index contributed by atoms with van der Waals surface area (Å²) in [7, 11) is 0. The summed E-state index contributed by atoms with van der Waals surface area (Å²) in [5.41, 5.74) is 11.4. The Morgan fingerprint density at radius 3 is 2.75 bits per heavy atom. The zero-order valence-electron chi connectivity index (χ0n) is 8.78. The van der Waals surface area contributed by atoms with E-state index < -0.39 is 5.91 Å². The van der Waals surface area contributed by atoms with Crippen LogP contribution in [0.2, 0.25) is 0 Å². The first-order chi connectivity index (χ1) is 7.54. The van der Waals surface area contributed by atoms with Gasteiger partial charge in [0.15, 0.2) is 0 Å². The average molecular weight is 236 g/mol. The monoisotopic (exact) mass is 236 g/mol. The first-order valence-electron chi connectivity index (χ1n) is 4.93. The van der Waals surface area contributed by atoms with E-state index in [1.165, 1.54) is 11.3 Å². The lowest BCUT2D eigenvalue weighted by Crippen LogP contribution is -2.15. The molecule has 16 heavy (non-hydrogen) atoms. The fourth-order valence-corrected chi connectivity index (χ4v) is 2.55. The van der Waals surface area contributed by atoms with Crippen LogP contribution in [-0.2, 0) is 0 Å². The van der Waals surface area contributed by atoms with Gasteiger partial charge < -0.3 is 16.8 Å². The molecule has 2 unspecified atom stereocenters. The van der Waals surface area contributed by atoms with E-state index in [4.69, 9.17) is 16.7 Å². The molecule has 2 rings (SSSR count). The van der Waals surface area contributed by atoms with Gasteiger partial charge in [-0.05, 0) is 12.3 Å². The molecule has 2 atom stereocenters. The molecule has 1 aromatic heterocycles. The van der Waals surface area contributed by atoms with Crippen molar-refractivity contribution < 1.29 is 4.79 Å². The molecule has 0 radical (unpaired) electrons. The molecular weight excluding hydrogens is 224 g/mol. The zero-order chi connectivity index (χ0) is 11.9. The largest absolute Gasteiger partial charge is 0.396 e. The van der Waals surface area contributed by atoms with E-state index >= 15 is 0 Å². The molecule has 1 amide bonds. The highest BCUT2D eigenvalue weighted by atomic mass is 32.1. The molecule has 0 aromatic carbocycles. The van der Waals surface area contributed by atoms with Crippen molar-refractivity contribution in [2.45, 2.75) is 19.4 Å². The average Bonchev–Trinajstić information content (AvgIpc) is 2.78. The molecular formula is C10H12N4OS. The number of thiophene rings is 1. The van der Waals surface area contributed by atoms with E-state index in [2.05, 4.69) is 12.2 Å². The van der Waals surface area contributed by atoms with Crippen molar-refractivity contribution in [3.8, 4) is 6.07 Å². The van der Waals surface area contributed by atoms with E-state index in [1.807, 2.05) is 6.07 Å². The normalized spacial score (nSPS) is 22.5. The number of hydrogen-bond acceptors (Lipinski definition) is 5. The number of nitrogen functional groups attached to an aromatic ring is 1. The third-order valence-corrected chi connectivity index (χ3v) is 3.76. The van der Waals surface area contributed by atoms with Crippen molar-refractivity contribution in [3.05, 3.63) is 10.4 Å². The number of nitrogens with zero attached hydrogens (tertiary/aromatic N) is 1.